The largest absolute Gasteiger partial charge is 0.464 e. The molecule has 3 N–H and O–H groups in total. The Morgan fingerprint density at radius 1 is 0.909 bits per heavy atom. The SMILES string of the molecule is Cc1nc(NC(C)c2cccc(-c3cnc(N)nc3)c2)cc(-c2ccc3occ(C)c3c2)n1. The van der Waals surface area contributed by atoms with Crippen LogP contribution in [0.2, 0.25) is 0 Å². The van der Waals surface area contributed by atoms with Crippen LogP contribution in [-0.2, 0) is 0 Å². The molecule has 0 aliphatic heterocycles. The number of furan rings is 1. The van der Waals surface area contributed by atoms with Crippen molar-refractivity contribution < 1.29 is 4.42 Å². The van der Waals surface area contributed by atoms with Crippen LogP contribution >= 0.6 is 0 Å². The lowest BCUT2D eigenvalue weighted by molar-refractivity contribution is 0.613. The van der Waals surface area contributed by atoms with Gasteiger partial charge in [-0.15, -0.1) is 0 Å². The van der Waals surface area contributed by atoms with Crippen LogP contribution in [0.4, 0.5) is 11.8 Å². The Morgan fingerprint density at radius 2 is 1.73 bits per heavy atom. The molecule has 1 unspecified atom stereocenters. The van der Waals surface area contributed by atoms with Crippen LogP contribution in [0.3, 0.4) is 0 Å². The van der Waals surface area contributed by atoms with Gasteiger partial charge in [0.25, 0.3) is 0 Å². The van der Waals surface area contributed by atoms with Gasteiger partial charge in [0.2, 0.25) is 5.95 Å². The predicted octanol–water partition coefficient (Wildman–Crippen LogP) is 5.72. The van der Waals surface area contributed by atoms with E-state index in [0.717, 1.165) is 50.3 Å². The second kappa shape index (κ2) is 8.35. The smallest absolute Gasteiger partial charge is 0.219 e. The van der Waals surface area contributed by atoms with E-state index in [4.69, 9.17) is 10.2 Å². The number of fused-ring (bicyclic) bond motifs is 1. The Morgan fingerprint density at radius 3 is 2.55 bits per heavy atom. The van der Waals surface area contributed by atoms with Crippen molar-refractivity contribution >= 4 is 22.7 Å². The zero-order chi connectivity index (χ0) is 22.9. The molecular formula is C26H24N6O. The third kappa shape index (κ3) is 4.25. The topological polar surface area (TPSA) is 103 Å². The highest BCUT2D eigenvalue weighted by atomic mass is 16.3. The summed E-state index contributed by atoms with van der Waals surface area (Å²) < 4.78 is 5.58. The number of rotatable bonds is 5. The molecule has 0 radical (unpaired) electrons. The number of anilines is 2. The van der Waals surface area contributed by atoms with Crippen LogP contribution in [0.25, 0.3) is 33.4 Å². The lowest BCUT2D eigenvalue weighted by Crippen LogP contribution is -2.09. The fourth-order valence-corrected chi connectivity index (χ4v) is 3.88. The Bertz CT molecular complexity index is 1440. The van der Waals surface area contributed by atoms with E-state index < -0.39 is 0 Å². The molecule has 0 spiro atoms. The van der Waals surface area contributed by atoms with Crippen molar-refractivity contribution in [3.05, 3.63) is 84.1 Å². The van der Waals surface area contributed by atoms with Gasteiger partial charge >= 0.3 is 0 Å². The van der Waals surface area contributed by atoms with Gasteiger partial charge in [-0.05, 0) is 61.7 Å². The van der Waals surface area contributed by atoms with E-state index in [0.29, 0.717) is 5.82 Å². The fraction of sp³-hybridized carbons (Fsp3) is 0.154. The lowest BCUT2D eigenvalue weighted by atomic mass is 10.0. The molecule has 1 atom stereocenters. The number of aryl methyl sites for hydroxylation is 2. The number of benzene rings is 2. The predicted molar refractivity (Wildman–Crippen MR) is 131 cm³/mol. The molecule has 0 aliphatic rings. The van der Waals surface area contributed by atoms with Crippen molar-refractivity contribution in [1.82, 2.24) is 19.9 Å². The third-order valence-electron chi connectivity index (χ3n) is 5.66. The number of aromatic nitrogens is 4. The van der Waals surface area contributed by atoms with E-state index in [1.54, 1.807) is 18.7 Å². The van der Waals surface area contributed by atoms with Gasteiger partial charge in [-0.2, -0.15) is 0 Å². The molecule has 5 aromatic rings. The van der Waals surface area contributed by atoms with Crippen LogP contribution in [0.15, 0.2) is 71.6 Å². The first-order valence-corrected chi connectivity index (χ1v) is 10.7. The Hall–Kier alpha value is -4.26. The second-order valence-corrected chi connectivity index (χ2v) is 8.14. The molecule has 3 heterocycles. The van der Waals surface area contributed by atoms with Gasteiger partial charge in [0.15, 0.2) is 0 Å². The van der Waals surface area contributed by atoms with Crippen molar-refractivity contribution in [2.75, 3.05) is 11.1 Å². The van der Waals surface area contributed by atoms with Crippen LogP contribution in [0.1, 0.15) is 29.9 Å². The van der Waals surface area contributed by atoms with Crippen LogP contribution < -0.4 is 11.1 Å². The Kier molecular flexibility index (Phi) is 5.22. The summed E-state index contributed by atoms with van der Waals surface area (Å²) in [5.74, 6) is 1.75. The van der Waals surface area contributed by atoms with E-state index >= 15 is 0 Å². The molecule has 0 bridgehead atoms. The second-order valence-electron chi connectivity index (χ2n) is 8.14. The van der Waals surface area contributed by atoms with Crippen molar-refractivity contribution in [3.63, 3.8) is 0 Å². The molecule has 33 heavy (non-hydrogen) atoms. The molecule has 0 fully saturated rings. The summed E-state index contributed by atoms with van der Waals surface area (Å²) >= 11 is 0. The monoisotopic (exact) mass is 436 g/mol. The molecule has 0 amide bonds. The minimum atomic E-state index is 0.0281. The summed E-state index contributed by atoms with van der Waals surface area (Å²) in [6.45, 7) is 6.05. The van der Waals surface area contributed by atoms with E-state index in [9.17, 15) is 0 Å². The minimum Gasteiger partial charge on any atom is -0.464 e. The normalized spacial score (nSPS) is 12.1. The molecule has 3 aromatic heterocycles. The third-order valence-corrected chi connectivity index (χ3v) is 5.66. The number of nitrogens with one attached hydrogen (secondary N) is 1. The highest BCUT2D eigenvalue weighted by molar-refractivity contribution is 5.85. The molecule has 0 saturated carbocycles. The Labute approximate surface area is 191 Å². The van der Waals surface area contributed by atoms with E-state index in [1.807, 2.05) is 44.2 Å². The number of hydrogen-bond donors (Lipinski definition) is 2. The summed E-state index contributed by atoms with van der Waals surface area (Å²) in [6, 6.07) is 16.4. The summed E-state index contributed by atoms with van der Waals surface area (Å²) in [5, 5.41) is 4.61. The van der Waals surface area contributed by atoms with E-state index in [2.05, 4.69) is 50.4 Å². The highest BCUT2D eigenvalue weighted by Crippen LogP contribution is 2.29. The van der Waals surface area contributed by atoms with Crippen molar-refractivity contribution in [1.29, 1.82) is 0 Å². The van der Waals surface area contributed by atoms with Crippen LogP contribution in [0, 0.1) is 13.8 Å². The van der Waals surface area contributed by atoms with Gasteiger partial charge in [0.05, 0.1) is 12.0 Å². The summed E-state index contributed by atoms with van der Waals surface area (Å²) in [4.78, 5) is 17.5. The quantitative estimate of drug-likeness (QED) is 0.363. The molecule has 164 valence electrons. The van der Waals surface area contributed by atoms with Crippen molar-refractivity contribution in [2.24, 2.45) is 0 Å². The average Bonchev–Trinajstić information content (AvgIpc) is 3.19. The maximum atomic E-state index is 5.62. The highest BCUT2D eigenvalue weighted by Gasteiger charge is 2.12. The van der Waals surface area contributed by atoms with Crippen LogP contribution in [0.5, 0.6) is 0 Å². The number of nitrogen functional groups attached to an aromatic ring is 1. The maximum absolute atomic E-state index is 5.62. The maximum Gasteiger partial charge on any atom is 0.219 e. The molecule has 5 rings (SSSR count). The summed E-state index contributed by atoms with van der Waals surface area (Å²) in [6.07, 6.45) is 5.25. The molecule has 0 saturated heterocycles. The number of nitrogens with zero attached hydrogens (tertiary/aromatic N) is 4. The van der Waals surface area contributed by atoms with Crippen LogP contribution in [-0.4, -0.2) is 19.9 Å². The van der Waals surface area contributed by atoms with Gasteiger partial charge in [-0.3, -0.25) is 0 Å². The van der Waals surface area contributed by atoms with E-state index in [1.165, 1.54) is 0 Å². The van der Waals surface area contributed by atoms with Gasteiger partial charge in [-0.25, -0.2) is 19.9 Å². The van der Waals surface area contributed by atoms with E-state index in [-0.39, 0.29) is 12.0 Å². The molecule has 7 heteroatoms. The zero-order valence-electron chi connectivity index (χ0n) is 18.7. The first-order valence-electron chi connectivity index (χ1n) is 10.7. The molecular weight excluding hydrogens is 412 g/mol. The Balaban J connectivity index is 1.42. The van der Waals surface area contributed by atoms with Gasteiger partial charge in [-0.1, -0.05) is 18.2 Å². The van der Waals surface area contributed by atoms with Gasteiger partial charge in [0, 0.05) is 41.0 Å². The number of nitrogens with two attached hydrogens (primary N) is 1. The number of hydrogen-bond acceptors (Lipinski definition) is 7. The fourth-order valence-electron chi connectivity index (χ4n) is 3.88. The van der Waals surface area contributed by atoms with Crippen molar-refractivity contribution in [3.8, 4) is 22.4 Å². The summed E-state index contributed by atoms with van der Waals surface area (Å²) in [5.41, 5.74) is 12.6. The summed E-state index contributed by atoms with van der Waals surface area (Å²) in [7, 11) is 0. The first-order chi connectivity index (χ1) is 16.0. The standard InChI is InChI=1S/C26H24N6O/c1-15-14-33-24-8-7-20(10-22(15)24)23-11-25(32-17(3)31-23)30-16(2)18-5-4-6-19(9-18)21-12-28-26(27)29-13-21/h4-14,16H,1-3H3,(H2,27,28,29)(H,30,31,32). The molecule has 0 aliphatic carbocycles. The lowest BCUT2D eigenvalue weighted by Gasteiger charge is -2.17. The minimum absolute atomic E-state index is 0.0281. The van der Waals surface area contributed by atoms with Crippen molar-refractivity contribution in [2.45, 2.75) is 26.8 Å². The average molecular weight is 437 g/mol. The van der Waals surface area contributed by atoms with Gasteiger partial charge < -0.3 is 15.5 Å². The first kappa shape index (κ1) is 20.6. The zero-order valence-corrected chi connectivity index (χ0v) is 18.7. The van der Waals surface area contributed by atoms with Gasteiger partial charge in [0.1, 0.15) is 17.2 Å². The molecule has 2 aromatic carbocycles. The molecule has 7 nitrogen and oxygen atoms in total.